The van der Waals surface area contributed by atoms with Crippen molar-refractivity contribution in [3.8, 4) is 0 Å². The number of benzene rings is 1. The molecule has 0 aliphatic heterocycles. The molecule has 0 aliphatic carbocycles. The van der Waals surface area contributed by atoms with Gasteiger partial charge >= 0.3 is 12.1 Å². The van der Waals surface area contributed by atoms with Gasteiger partial charge in [-0.05, 0) is 31.8 Å². The number of carbonyl (C=O) groups excluding carboxylic acids is 2. The van der Waals surface area contributed by atoms with Crippen LogP contribution in [0.4, 0.5) is 13.2 Å². The number of methoxy groups -OCH3 is 1. The van der Waals surface area contributed by atoms with E-state index >= 15 is 0 Å². The van der Waals surface area contributed by atoms with E-state index in [1.165, 1.54) is 12.1 Å². The Balaban J connectivity index is 2.85. The lowest BCUT2D eigenvalue weighted by molar-refractivity contribution is -0.138. The first-order valence-corrected chi connectivity index (χ1v) is 7.02. The largest absolute Gasteiger partial charge is 0.465 e. The standard InChI is InChI=1S/C16H19F3N2O3/c1-21(2)8-4-5-14(22)20-10-11-6-7-13(16(17,18)19)12(9-11)15(23)24-3/h4-7,9H,8,10H2,1-3H3,(H,20,22)/b5-4+. The van der Waals surface area contributed by atoms with Crippen LogP contribution in [0.15, 0.2) is 30.4 Å². The molecule has 0 fully saturated rings. The Bertz CT molecular complexity index is 625. The number of nitrogens with one attached hydrogen (secondary N) is 1. The Morgan fingerprint density at radius 1 is 1.29 bits per heavy atom. The fourth-order valence-corrected chi connectivity index (χ4v) is 1.85. The monoisotopic (exact) mass is 344 g/mol. The van der Waals surface area contributed by atoms with Crippen molar-refractivity contribution in [1.29, 1.82) is 0 Å². The maximum absolute atomic E-state index is 12.9. The average Bonchev–Trinajstić information content (AvgIpc) is 2.50. The number of hydrogen-bond acceptors (Lipinski definition) is 4. The zero-order valence-corrected chi connectivity index (χ0v) is 13.6. The van der Waals surface area contributed by atoms with Gasteiger partial charge in [0.05, 0.1) is 18.2 Å². The minimum absolute atomic E-state index is 0.00668. The second kappa shape index (κ2) is 8.49. The van der Waals surface area contributed by atoms with Crippen LogP contribution in [0.5, 0.6) is 0 Å². The van der Waals surface area contributed by atoms with Crippen molar-refractivity contribution in [2.24, 2.45) is 0 Å². The molecule has 0 radical (unpaired) electrons. The van der Waals surface area contributed by atoms with Crippen LogP contribution in [-0.4, -0.2) is 44.5 Å². The second-order valence-electron chi connectivity index (χ2n) is 5.25. The van der Waals surface area contributed by atoms with Crippen molar-refractivity contribution in [1.82, 2.24) is 10.2 Å². The highest BCUT2D eigenvalue weighted by atomic mass is 19.4. The number of ether oxygens (including phenoxy) is 1. The lowest BCUT2D eigenvalue weighted by atomic mass is 10.0. The smallest absolute Gasteiger partial charge is 0.417 e. The zero-order chi connectivity index (χ0) is 18.3. The molecule has 1 amide bonds. The third kappa shape index (κ3) is 6.04. The summed E-state index contributed by atoms with van der Waals surface area (Å²) in [5.74, 6) is -1.46. The summed E-state index contributed by atoms with van der Waals surface area (Å²) in [5, 5.41) is 2.54. The van der Waals surface area contributed by atoms with Gasteiger partial charge in [-0.2, -0.15) is 13.2 Å². The fourth-order valence-electron chi connectivity index (χ4n) is 1.85. The van der Waals surface area contributed by atoms with Gasteiger partial charge in [-0.25, -0.2) is 4.79 Å². The summed E-state index contributed by atoms with van der Waals surface area (Å²) in [6.07, 6.45) is -1.67. The Morgan fingerprint density at radius 2 is 1.96 bits per heavy atom. The van der Waals surface area contributed by atoms with Gasteiger partial charge in [-0.15, -0.1) is 0 Å². The van der Waals surface area contributed by atoms with Gasteiger partial charge in [-0.1, -0.05) is 12.1 Å². The molecule has 1 N–H and O–H groups in total. The summed E-state index contributed by atoms with van der Waals surface area (Å²) in [6, 6.07) is 3.08. The number of carbonyl (C=O) groups is 2. The topological polar surface area (TPSA) is 58.6 Å². The van der Waals surface area contributed by atoms with E-state index in [1.54, 1.807) is 6.08 Å². The van der Waals surface area contributed by atoms with Gasteiger partial charge in [0, 0.05) is 19.2 Å². The van der Waals surface area contributed by atoms with E-state index in [2.05, 4.69) is 10.1 Å². The number of rotatable bonds is 6. The molecule has 0 aliphatic rings. The number of hydrogen-bond donors (Lipinski definition) is 1. The van der Waals surface area contributed by atoms with E-state index in [1.807, 2.05) is 19.0 Å². The third-order valence-electron chi connectivity index (χ3n) is 3.00. The molecule has 5 nitrogen and oxygen atoms in total. The molecular weight excluding hydrogens is 325 g/mol. The molecule has 1 aromatic rings. The Morgan fingerprint density at radius 3 is 2.50 bits per heavy atom. The fraction of sp³-hybridized carbons (Fsp3) is 0.375. The van der Waals surface area contributed by atoms with Crippen LogP contribution < -0.4 is 5.32 Å². The van der Waals surface area contributed by atoms with E-state index in [4.69, 9.17) is 0 Å². The molecule has 1 rings (SSSR count). The molecule has 1 aromatic carbocycles. The average molecular weight is 344 g/mol. The normalized spacial score (nSPS) is 11.8. The number of likely N-dealkylation sites (N-methyl/N-ethyl adjacent to an activating group) is 1. The summed E-state index contributed by atoms with van der Waals surface area (Å²) in [6.45, 7) is 0.577. The Kier molecular flexibility index (Phi) is 6.97. The van der Waals surface area contributed by atoms with Gasteiger partial charge in [0.15, 0.2) is 0 Å². The van der Waals surface area contributed by atoms with Crippen molar-refractivity contribution in [2.45, 2.75) is 12.7 Å². The minimum atomic E-state index is -4.67. The quantitative estimate of drug-likeness (QED) is 0.635. The lowest BCUT2D eigenvalue weighted by Gasteiger charge is -2.13. The molecule has 0 heterocycles. The molecule has 0 spiro atoms. The lowest BCUT2D eigenvalue weighted by Crippen LogP contribution is -2.22. The molecule has 132 valence electrons. The van der Waals surface area contributed by atoms with Crippen LogP contribution in [0.2, 0.25) is 0 Å². The van der Waals surface area contributed by atoms with E-state index in [-0.39, 0.29) is 12.5 Å². The number of esters is 1. The predicted molar refractivity (Wildman–Crippen MR) is 82.3 cm³/mol. The number of amides is 1. The third-order valence-corrected chi connectivity index (χ3v) is 3.00. The first kappa shape index (κ1) is 19.7. The highest BCUT2D eigenvalue weighted by molar-refractivity contribution is 5.91. The molecule has 0 aromatic heterocycles. The molecular formula is C16H19F3N2O3. The first-order valence-electron chi connectivity index (χ1n) is 7.02. The second-order valence-corrected chi connectivity index (χ2v) is 5.25. The van der Waals surface area contributed by atoms with E-state index < -0.39 is 23.3 Å². The predicted octanol–water partition coefficient (Wildman–Crippen LogP) is 2.23. The maximum Gasteiger partial charge on any atom is 0.417 e. The van der Waals surface area contributed by atoms with Crippen LogP contribution in [0, 0.1) is 0 Å². The van der Waals surface area contributed by atoms with E-state index in [0.717, 1.165) is 19.2 Å². The van der Waals surface area contributed by atoms with Crippen LogP contribution >= 0.6 is 0 Å². The number of alkyl halides is 3. The van der Waals surface area contributed by atoms with Crippen LogP contribution in [-0.2, 0) is 22.3 Å². The van der Waals surface area contributed by atoms with Crippen LogP contribution in [0.25, 0.3) is 0 Å². The number of halogens is 3. The van der Waals surface area contributed by atoms with Crippen molar-refractivity contribution < 1.29 is 27.5 Å². The summed E-state index contributed by atoms with van der Waals surface area (Å²) >= 11 is 0. The summed E-state index contributed by atoms with van der Waals surface area (Å²) in [4.78, 5) is 25.0. The molecule has 0 atom stereocenters. The van der Waals surface area contributed by atoms with Crippen molar-refractivity contribution in [3.05, 3.63) is 47.0 Å². The zero-order valence-electron chi connectivity index (χ0n) is 13.6. The van der Waals surface area contributed by atoms with Crippen molar-refractivity contribution >= 4 is 11.9 Å². The van der Waals surface area contributed by atoms with E-state index in [0.29, 0.717) is 12.1 Å². The van der Waals surface area contributed by atoms with E-state index in [9.17, 15) is 22.8 Å². The molecule has 0 saturated carbocycles. The van der Waals surface area contributed by atoms with Crippen LogP contribution in [0.3, 0.4) is 0 Å². The van der Waals surface area contributed by atoms with Crippen molar-refractivity contribution in [3.63, 3.8) is 0 Å². The summed E-state index contributed by atoms with van der Waals surface area (Å²) < 4.78 is 43.1. The SMILES string of the molecule is COC(=O)c1cc(CNC(=O)/C=C/CN(C)C)ccc1C(F)(F)F. The summed E-state index contributed by atoms with van der Waals surface area (Å²) in [5.41, 5.74) is -1.30. The van der Waals surface area contributed by atoms with Crippen molar-refractivity contribution in [2.75, 3.05) is 27.7 Å². The first-order chi connectivity index (χ1) is 11.1. The summed E-state index contributed by atoms with van der Waals surface area (Å²) in [7, 11) is 4.70. The molecule has 0 saturated heterocycles. The molecule has 0 bridgehead atoms. The molecule has 8 heteroatoms. The van der Waals surface area contributed by atoms with Gasteiger partial charge in [0.2, 0.25) is 5.91 Å². The maximum atomic E-state index is 12.9. The highest BCUT2D eigenvalue weighted by Crippen LogP contribution is 2.32. The van der Waals surface area contributed by atoms with Gasteiger partial charge in [-0.3, -0.25) is 4.79 Å². The minimum Gasteiger partial charge on any atom is -0.465 e. The van der Waals surface area contributed by atoms with Gasteiger partial charge < -0.3 is 15.0 Å². The Labute approximate surface area is 138 Å². The van der Waals surface area contributed by atoms with Crippen LogP contribution in [0.1, 0.15) is 21.5 Å². The van der Waals surface area contributed by atoms with Gasteiger partial charge in [0.25, 0.3) is 0 Å². The number of nitrogens with zero attached hydrogens (tertiary/aromatic N) is 1. The molecule has 0 unspecified atom stereocenters. The Hall–Kier alpha value is -2.35. The van der Waals surface area contributed by atoms with Gasteiger partial charge in [0.1, 0.15) is 0 Å². The highest BCUT2D eigenvalue weighted by Gasteiger charge is 2.35. The molecule has 24 heavy (non-hydrogen) atoms.